The van der Waals surface area contributed by atoms with Gasteiger partial charge in [0, 0.05) is 19.6 Å². The summed E-state index contributed by atoms with van der Waals surface area (Å²) >= 11 is 0. The molecular formula is C19H24N2O5. The van der Waals surface area contributed by atoms with E-state index in [1.54, 1.807) is 28.0 Å². The minimum atomic E-state index is -0.870. The van der Waals surface area contributed by atoms with Crippen LogP contribution in [0.25, 0.3) is 0 Å². The Morgan fingerprint density at radius 1 is 1.19 bits per heavy atom. The van der Waals surface area contributed by atoms with Crippen LogP contribution >= 0.6 is 0 Å². The SMILES string of the molecule is CCOc1ccccc1C(=O)N1CCCC1C(=O)N1CCC(C(=O)O)C1. The number of likely N-dealkylation sites (tertiary alicyclic amines) is 2. The first-order chi connectivity index (χ1) is 12.5. The second-order valence-electron chi connectivity index (χ2n) is 6.69. The Kier molecular flexibility index (Phi) is 5.44. The van der Waals surface area contributed by atoms with E-state index in [9.17, 15) is 14.4 Å². The van der Waals surface area contributed by atoms with Crippen LogP contribution in [0, 0.1) is 5.92 Å². The van der Waals surface area contributed by atoms with E-state index >= 15 is 0 Å². The molecule has 7 nitrogen and oxygen atoms in total. The number of hydrogen-bond donors (Lipinski definition) is 1. The van der Waals surface area contributed by atoms with Crippen molar-refractivity contribution >= 4 is 17.8 Å². The van der Waals surface area contributed by atoms with Gasteiger partial charge in [-0.2, -0.15) is 0 Å². The highest BCUT2D eigenvalue weighted by molar-refractivity contribution is 6.00. The third kappa shape index (κ3) is 3.52. The average molecular weight is 360 g/mol. The van der Waals surface area contributed by atoms with Gasteiger partial charge in [-0.05, 0) is 38.3 Å². The van der Waals surface area contributed by atoms with Gasteiger partial charge in [-0.25, -0.2) is 0 Å². The van der Waals surface area contributed by atoms with Crippen molar-refractivity contribution in [2.45, 2.75) is 32.2 Å². The predicted molar refractivity (Wildman–Crippen MR) is 94.0 cm³/mol. The molecule has 3 rings (SSSR count). The number of nitrogens with zero attached hydrogens (tertiary/aromatic N) is 2. The summed E-state index contributed by atoms with van der Waals surface area (Å²) in [6, 6.07) is 6.53. The summed E-state index contributed by atoms with van der Waals surface area (Å²) in [5.41, 5.74) is 0.457. The van der Waals surface area contributed by atoms with Gasteiger partial charge in [0.1, 0.15) is 11.8 Å². The number of carbonyl (C=O) groups is 3. The molecule has 2 saturated heterocycles. The summed E-state index contributed by atoms with van der Waals surface area (Å²) in [6.07, 6.45) is 1.83. The van der Waals surface area contributed by atoms with Crippen molar-refractivity contribution in [2.24, 2.45) is 5.92 Å². The Morgan fingerprint density at radius 2 is 1.96 bits per heavy atom. The molecule has 1 aromatic rings. The quantitative estimate of drug-likeness (QED) is 0.862. The maximum atomic E-state index is 13.0. The molecule has 2 aliphatic heterocycles. The number of hydrogen-bond acceptors (Lipinski definition) is 4. The van der Waals surface area contributed by atoms with E-state index in [1.807, 2.05) is 13.0 Å². The molecule has 0 saturated carbocycles. The minimum absolute atomic E-state index is 0.145. The Bertz CT molecular complexity index is 705. The molecular weight excluding hydrogens is 336 g/mol. The number of carbonyl (C=O) groups excluding carboxylic acids is 2. The maximum Gasteiger partial charge on any atom is 0.308 e. The predicted octanol–water partition coefficient (Wildman–Crippen LogP) is 1.62. The van der Waals surface area contributed by atoms with Gasteiger partial charge in [0.05, 0.1) is 18.1 Å². The van der Waals surface area contributed by atoms with Gasteiger partial charge >= 0.3 is 5.97 Å². The van der Waals surface area contributed by atoms with Crippen LogP contribution in [-0.2, 0) is 9.59 Å². The van der Waals surface area contributed by atoms with Crippen molar-refractivity contribution in [1.29, 1.82) is 0 Å². The third-order valence-corrected chi connectivity index (χ3v) is 5.07. The molecule has 7 heteroatoms. The van der Waals surface area contributed by atoms with Gasteiger partial charge in [-0.1, -0.05) is 12.1 Å². The van der Waals surface area contributed by atoms with Crippen molar-refractivity contribution in [1.82, 2.24) is 9.80 Å². The highest BCUT2D eigenvalue weighted by Crippen LogP contribution is 2.28. The van der Waals surface area contributed by atoms with E-state index in [-0.39, 0.29) is 18.4 Å². The zero-order valence-electron chi connectivity index (χ0n) is 14.9. The highest BCUT2D eigenvalue weighted by Gasteiger charge is 2.40. The summed E-state index contributed by atoms with van der Waals surface area (Å²) in [5, 5.41) is 9.13. The topological polar surface area (TPSA) is 87.2 Å². The van der Waals surface area contributed by atoms with Crippen LogP contribution in [0.3, 0.4) is 0 Å². The molecule has 0 bridgehead atoms. The van der Waals surface area contributed by atoms with E-state index in [1.165, 1.54) is 0 Å². The van der Waals surface area contributed by atoms with Crippen molar-refractivity contribution < 1.29 is 24.2 Å². The number of rotatable bonds is 5. The molecule has 0 radical (unpaired) electrons. The van der Waals surface area contributed by atoms with Gasteiger partial charge in [-0.3, -0.25) is 14.4 Å². The molecule has 2 amide bonds. The molecule has 2 fully saturated rings. The fourth-order valence-corrected chi connectivity index (χ4v) is 3.72. The summed E-state index contributed by atoms with van der Waals surface area (Å²) in [7, 11) is 0. The largest absolute Gasteiger partial charge is 0.493 e. The fraction of sp³-hybridized carbons (Fsp3) is 0.526. The van der Waals surface area contributed by atoms with Gasteiger partial charge < -0.3 is 19.6 Å². The number of amides is 2. The maximum absolute atomic E-state index is 13.0. The lowest BCUT2D eigenvalue weighted by atomic mass is 10.1. The number of aliphatic carboxylic acids is 1. The van der Waals surface area contributed by atoms with Gasteiger partial charge in [-0.15, -0.1) is 0 Å². The summed E-state index contributed by atoms with van der Waals surface area (Å²) in [4.78, 5) is 40.2. The van der Waals surface area contributed by atoms with E-state index in [2.05, 4.69) is 0 Å². The normalized spacial score (nSPS) is 22.5. The Hall–Kier alpha value is -2.57. The molecule has 0 aliphatic carbocycles. The Labute approximate surface area is 152 Å². The first-order valence-corrected chi connectivity index (χ1v) is 9.07. The third-order valence-electron chi connectivity index (χ3n) is 5.07. The van der Waals surface area contributed by atoms with Crippen molar-refractivity contribution in [2.75, 3.05) is 26.2 Å². The molecule has 0 spiro atoms. The second-order valence-corrected chi connectivity index (χ2v) is 6.69. The molecule has 2 unspecified atom stereocenters. The van der Waals surface area contributed by atoms with E-state index in [0.29, 0.717) is 43.9 Å². The Balaban J connectivity index is 1.75. The number of para-hydroxylation sites is 1. The number of carboxylic acids is 1. The summed E-state index contributed by atoms with van der Waals surface area (Å²) in [6.45, 7) is 3.49. The Morgan fingerprint density at radius 3 is 2.65 bits per heavy atom. The average Bonchev–Trinajstić information content (AvgIpc) is 3.31. The zero-order valence-corrected chi connectivity index (χ0v) is 14.9. The summed E-state index contributed by atoms with van der Waals surface area (Å²) in [5.74, 6) is -1.22. The minimum Gasteiger partial charge on any atom is -0.493 e. The zero-order chi connectivity index (χ0) is 18.7. The molecule has 2 aliphatic rings. The van der Waals surface area contributed by atoms with Crippen LogP contribution in [0.1, 0.15) is 36.5 Å². The molecule has 2 heterocycles. The standard InChI is InChI=1S/C19H24N2O5/c1-2-26-16-8-4-3-6-14(16)17(22)21-10-5-7-15(21)18(23)20-11-9-13(12-20)19(24)25/h3-4,6,8,13,15H,2,5,7,9-12H2,1H3,(H,24,25). The number of benzene rings is 1. The van der Waals surface area contributed by atoms with Crippen molar-refractivity contribution in [3.8, 4) is 5.75 Å². The first-order valence-electron chi connectivity index (χ1n) is 9.07. The van der Waals surface area contributed by atoms with E-state index in [4.69, 9.17) is 9.84 Å². The summed E-state index contributed by atoms with van der Waals surface area (Å²) < 4.78 is 5.55. The molecule has 1 N–H and O–H groups in total. The van der Waals surface area contributed by atoms with Crippen molar-refractivity contribution in [3.05, 3.63) is 29.8 Å². The molecule has 140 valence electrons. The molecule has 1 aromatic carbocycles. The molecule has 0 aromatic heterocycles. The fourth-order valence-electron chi connectivity index (χ4n) is 3.72. The van der Waals surface area contributed by atoms with Crippen LogP contribution in [0.5, 0.6) is 5.75 Å². The van der Waals surface area contributed by atoms with Crippen LogP contribution in [0.2, 0.25) is 0 Å². The number of carboxylic acid groups (broad SMARTS) is 1. The van der Waals surface area contributed by atoms with Crippen LogP contribution in [0.4, 0.5) is 0 Å². The lowest BCUT2D eigenvalue weighted by molar-refractivity contribution is -0.141. The molecule has 2 atom stereocenters. The first kappa shape index (κ1) is 18.2. The smallest absolute Gasteiger partial charge is 0.308 e. The van der Waals surface area contributed by atoms with Crippen molar-refractivity contribution in [3.63, 3.8) is 0 Å². The number of ether oxygens (including phenoxy) is 1. The van der Waals surface area contributed by atoms with Crippen LogP contribution in [-0.4, -0.2) is 65.0 Å². The van der Waals surface area contributed by atoms with Gasteiger partial charge in [0.25, 0.3) is 5.91 Å². The molecule has 26 heavy (non-hydrogen) atoms. The van der Waals surface area contributed by atoms with E-state index < -0.39 is 17.9 Å². The highest BCUT2D eigenvalue weighted by atomic mass is 16.5. The van der Waals surface area contributed by atoms with Gasteiger partial charge in [0.2, 0.25) is 5.91 Å². The lowest BCUT2D eigenvalue weighted by Gasteiger charge is -2.28. The van der Waals surface area contributed by atoms with E-state index in [0.717, 1.165) is 6.42 Å². The van der Waals surface area contributed by atoms with Crippen LogP contribution in [0.15, 0.2) is 24.3 Å². The monoisotopic (exact) mass is 360 g/mol. The van der Waals surface area contributed by atoms with Gasteiger partial charge in [0.15, 0.2) is 0 Å². The van der Waals surface area contributed by atoms with Crippen LogP contribution < -0.4 is 4.74 Å². The lowest BCUT2D eigenvalue weighted by Crippen LogP contribution is -2.47. The second kappa shape index (κ2) is 7.76.